The Kier molecular flexibility index (Phi) is 8.60. The van der Waals surface area contributed by atoms with E-state index in [1.54, 1.807) is 44.2 Å². The molecule has 0 heterocycles. The maximum atomic E-state index is 11.6. The van der Waals surface area contributed by atoms with Gasteiger partial charge in [-0.05, 0) is 50.1 Å². The topological polar surface area (TPSA) is 87.7 Å². The Morgan fingerprint density at radius 3 is 2.42 bits per heavy atom. The van der Waals surface area contributed by atoms with Gasteiger partial charge in [-0.25, -0.2) is 0 Å². The van der Waals surface area contributed by atoms with Gasteiger partial charge >= 0.3 is 5.97 Å². The standard InChI is InChI=1S/C23H28Cl2N2O4/c1-5-16(23(3,4)22(29)30)13-31-18-8-9-20(27-14(2)28)21(11-18)26-12-15-6-7-17(24)10-19(15)25/h6-11,16,26H,5,12-13H2,1-4H3,(H,27,28)(H,29,30). The third-order valence-electron chi connectivity index (χ3n) is 5.30. The van der Waals surface area contributed by atoms with Crippen molar-refractivity contribution in [3.8, 4) is 5.75 Å². The van der Waals surface area contributed by atoms with Gasteiger partial charge < -0.3 is 20.5 Å². The smallest absolute Gasteiger partial charge is 0.309 e. The number of halogens is 2. The summed E-state index contributed by atoms with van der Waals surface area (Å²) in [4.78, 5) is 23.2. The molecule has 0 bridgehead atoms. The van der Waals surface area contributed by atoms with Crippen molar-refractivity contribution in [2.45, 2.75) is 40.7 Å². The van der Waals surface area contributed by atoms with E-state index in [9.17, 15) is 14.7 Å². The highest BCUT2D eigenvalue weighted by Crippen LogP contribution is 2.33. The Balaban J connectivity index is 2.20. The van der Waals surface area contributed by atoms with Crippen LogP contribution in [0.15, 0.2) is 36.4 Å². The van der Waals surface area contributed by atoms with Crippen LogP contribution in [0, 0.1) is 11.3 Å². The molecular weight excluding hydrogens is 439 g/mol. The zero-order chi connectivity index (χ0) is 23.2. The molecule has 0 aliphatic carbocycles. The summed E-state index contributed by atoms with van der Waals surface area (Å²) in [5, 5.41) is 16.6. The maximum Gasteiger partial charge on any atom is 0.309 e. The Bertz CT molecular complexity index is 947. The van der Waals surface area contributed by atoms with Crippen molar-refractivity contribution in [3.63, 3.8) is 0 Å². The van der Waals surface area contributed by atoms with Crippen LogP contribution in [0.5, 0.6) is 5.75 Å². The number of benzene rings is 2. The van der Waals surface area contributed by atoms with Gasteiger partial charge in [0.2, 0.25) is 5.91 Å². The molecule has 0 aliphatic heterocycles. The number of hydrogen-bond acceptors (Lipinski definition) is 4. The lowest BCUT2D eigenvalue weighted by atomic mass is 9.78. The molecule has 0 saturated heterocycles. The number of rotatable bonds is 10. The number of hydrogen-bond donors (Lipinski definition) is 3. The van der Waals surface area contributed by atoms with Crippen LogP contribution < -0.4 is 15.4 Å². The Hall–Kier alpha value is -2.44. The fourth-order valence-corrected chi connectivity index (χ4v) is 3.60. The summed E-state index contributed by atoms with van der Waals surface area (Å²) in [6, 6.07) is 10.5. The first-order chi connectivity index (χ1) is 14.5. The fourth-order valence-electron chi connectivity index (χ4n) is 3.12. The van der Waals surface area contributed by atoms with Gasteiger partial charge in [-0.1, -0.05) is 36.2 Å². The molecule has 2 aromatic rings. The van der Waals surface area contributed by atoms with Gasteiger partial charge in [0.25, 0.3) is 0 Å². The van der Waals surface area contributed by atoms with E-state index in [4.69, 9.17) is 27.9 Å². The van der Waals surface area contributed by atoms with Crippen LogP contribution in [0.4, 0.5) is 11.4 Å². The molecule has 0 aromatic heterocycles. The van der Waals surface area contributed by atoms with Crippen molar-refractivity contribution in [2.24, 2.45) is 11.3 Å². The van der Waals surface area contributed by atoms with Gasteiger partial charge in [-0.15, -0.1) is 0 Å². The predicted octanol–water partition coefficient (Wildman–Crippen LogP) is 6.08. The third kappa shape index (κ3) is 6.77. The number of amides is 1. The van der Waals surface area contributed by atoms with Crippen LogP contribution in [0.2, 0.25) is 10.0 Å². The largest absolute Gasteiger partial charge is 0.493 e. The van der Waals surface area contributed by atoms with Crippen molar-refractivity contribution in [1.82, 2.24) is 0 Å². The molecule has 8 heteroatoms. The lowest BCUT2D eigenvalue weighted by molar-refractivity contribution is -0.151. The molecule has 2 rings (SSSR count). The van der Waals surface area contributed by atoms with E-state index < -0.39 is 11.4 Å². The zero-order valence-corrected chi connectivity index (χ0v) is 19.6. The Morgan fingerprint density at radius 2 is 1.84 bits per heavy atom. The summed E-state index contributed by atoms with van der Waals surface area (Å²) in [5.74, 6) is -0.649. The molecule has 0 aliphatic rings. The molecule has 1 atom stereocenters. The summed E-state index contributed by atoms with van der Waals surface area (Å²) in [5.41, 5.74) is 1.20. The maximum absolute atomic E-state index is 11.6. The van der Waals surface area contributed by atoms with E-state index in [0.717, 1.165) is 5.56 Å². The average Bonchev–Trinajstić information content (AvgIpc) is 2.68. The average molecular weight is 467 g/mol. The summed E-state index contributed by atoms with van der Waals surface area (Å²) in [6.07, 6.45) is 0.670. The number of aliphatic carboxylic acids is 1. The quantitative estimate of drug-likeness (QED) is 0.394. The molecule has 0 radical (unpaired) electrons. The first kappa shape index (κ1) is 24.8. The minimum absolute atomic E-state index is 0.163. The molecule has 0 saturated carbocycles. The van der Waals surface area contributed by atoms with Gasteiger partial charge in [0.1, 0.15) is 5.75 Å². The van der Waals surface area contributed by atoms with Gasteiger partial charge in [0, 0.05) is 35.5 Å². The number of carbonyl (C=O) groups is 2. The van der Waals surface area contributed by atoms with E-state index in [2.05, 4.69) is 10.6 Å². The second-order valence-electron chi connectivity index (χ2n) is 7.92. The third-order valence-corrected chi connectivity index (χ3v) is 5.89. The minimum Gasteiger partial charge on any atom is -0.493 e. The zero-order valence-electron chi connectivity index (χ0n) is 18.1. The first-order valence-corrected chi connectivity index (χ1v) is 10.8. The minimum atomic E-state index is -0.905. The van der Waals surface area contributed by atoms with E-state index in [-0.39, 0.29) is 18.4 Å². The van der Waals surface area contributed by atoms with Crippen molar-refractivity contribution < 1.29 is 19.4 Å². The molecule has 3 N–H and O–H groups in total. The second-order valence-corrected chi connectivity index (χ2v) is 8.76. The van der Waals surface area contributed by atoms with Crippen LogP contribution in [0.1, 0.15) is 39.7 Å². The number of ether oxygens (including phenoxy) is 1. The van der Waals surface area contributed by atoms with Gasteiger partial charge in [0.15, 0.2) is 0 Å². The second kappa shape index (κ2) is 10.7. The molecule has 1 unspecified atom stereocenters. The highest BCUT2D eigenvalue weighted by Gasteiger charge is 2.36. The molecule has 168 valence electrons. The van der Waals surface area contributed by atoms with E-state index in [0.29, 0.717) is 40.1 Å². The number of anilines is 2. The lowest BCUT2D eigenvalue weighted by Crippen LogP contribution is -2.36. The van der Waals surface area contributed by atoms with Crippen molar-refractivity contribution >= 4 is 46.5 Å². The summed E-state index contributed by atoms with van der Waals surface area (Å²) in [6.45, 7) is 7.46. The van der Waals surface area contributed by atoms with E-state index >= 15 is 0 Å². The van der Waals surface area contributed by atoms with Gasteiger partial charge in [0.05, 0.1) is 23.4 Å². The van der Waals surface area contributed by atoms with E-state index in [1.165, 1.54) is 6.92 Å². The van der Waals surface area contributed by atoms with Crippen LogP contribution in [0.3, 0.4) is 0 Å². The molecule has 2 aromatic carbocycles. The first-order valence-electron chi connectivity index (χ1n) is 10.00. The normalized spacial score (nSPS) is 12.2. The summed E-state index contributed by atoms with van der Waals surface area (Å²) in [7, 11) is 0. The summed E-state index contributed by atoms with van der Waals surface area (Å²) >= 11 is 12.2. The van der Waals surface area contributed by atoms with Gasteiger partial charge in [-0.3, -0.25) is 9.59 Å². The van der Waals surface area contributed by atoms with Crippen molar-refractivity contribution in [3.05, 3.63) is 52.0 Å². The van der Waals surface area contributed by atoms with E-state index in [1.807, 2.05) is 13.0 Å². The number of carbonyl (C=O) groups excluding carboxylic acids is 1. The van der Waals surface area contributed by atoms with Crippen molar-refractivity contribution in [2.75, 3.05) is 17.2 Å². The lowest BCUT2D eigenvalue weighted by Gasteiger charge is -2.29. The SMILES string of the molecule is CCC(COc1ccc(NC(C)=O)c(NCc2ccc(Cl)cc2Cl)c1)C(C)(C)C(=O)O. The number of carboxylic acid groups (broad SMARTS) is 1. The predicted molar refractivity (Wildman–Crippen MR) is 125 cm³/mol. The van der Waals surface area contributed by atoms with Gasteiger partial charge in [-0.2, -0.15) is 0 Å². The van der Waals surface area contributed by atoms with Crippen LogP contribution in [-0.2, 0) is 16.1 Å². The molecule has 31 heavy (non-hydrogen) atoms. The summed E-state index contributed by atoms with van der Waals surface area (Å²) < 4.78 is 5.93. The highest BCUT2D eigenvalue weighted by molar-refractivity contribution is 6.35. The molecule has 0 fully saturated rings. The Labute approximate surface area is 192 Å². The monoisotopic (exact) mass is 466 g/mol. The number of carboxylic acids is 1. The fraction of sp³-hybridized carbons (Fsp3) is 0.391. The molecule has 6 nitrogen and oxygen atoms in total. The Morgan fingerprint density at radius 1 is 1.13 bits per heavy atom. The number of nitrogens with one attached hydrogen (secondary N) is 2. The van der Waals surface area contributed by atoms with Crippen LogP contribution >= 0.6 is 23.2 Å². The van der Waals surface area contributed by atoms with Crippen LogP contribution in [0.25, 0.3) is 0 Å². The highest BCUT2D eigenvalue weighted by atomic mass is 35.5. The molecule has 1 amide bonds. The molecule has 0 spiro atoms. The molecular formula is C23H28Cl2N2O4. The van der Waals surface area contributed by atoms with Crippen LogP contribution in [-0.4, -0.2) is 23.6 Å². The van der Waals surface area contributed by atoms with Crippen molar-refractivity contribution in [1.29, 1.82) is 0 Å².